The molecular formula is C24H22N2O3S. The van der Waals surface area contributed by atoms with Gasteiger partial charge in [-0.3, -0.25) is 9.10 Å². The highest BCUT2D eigenvalue weighted by atomic mass is 32.2. The summed E-state index contributed by atoms with van der Waals surface area (Å²) in [7, 11) is -4.03. The van der Waals surface area contributed by atoms with Crippen molar-refractivity contribution in [2.45, 2.75) is 19.9 Å². The molecule has 30 heavy (non-hydrogen) atoms. The molecule has 0 atom stereocenters. The van der Waals surface area contributed by atoms with Gasteiger partial charge in [0.25, 0.3) is 10.0 Å². The van der Waals surface area contributed by atoms with Crippen molar-refractivity contribution < 1.29 is 13.2 Å². The molecule has 152 valence electrons. The second-order valence-corrected chi connectivity index (χ2v) is 8.88. The van der Waals surface area contributed by atoms with Crippen LogP contribution in [0.3, 0.4) is 0 Å². The first kappa shape index (κ1) is 19.9. The van der Waals surface area contributed by atoms with Crippen LogP contribution in [0, 0.1) is 0 Å². The van der Waals surface area contributed by atoms with E-state index >= 15 is 0 Å². The number of anilines is 2. The van der Waals surface area contributed by atoms with Crippen molar-refractivity contribution in [3.05, 3.63) is 107 Å². The summed E-state index contributed by atoms with van der Waals surface area (Å²) in [5, 5.41) is 2.98. The smallest absolute Gasteiger partial charge is 0.270 e. The van der Waals surface area contributed by atoms with Crippen molar-refractivity contribution in [3.8, 4) is 0 Å². The van der Waals surface area contributed by atoms with Crippen molar-refractivity contribution in [2.24, 2.45) is 0 Å². The number of sulfonamides is 1. The van der Waals surface area contributed by atoms with E-state index < -0.39 is 15.8 Å². The van der Waals surface area contributed by atoms with Crippen LogP contribution in [0.5, 0.6) is 0 Å². The van der Waals surface area contributed by atoms with Crippen LogP contribution in [0.15, 0.2) is 90.0 Å². The molecule has 0 amide bonds. The lowest BCUT2D eigenvalue weighted by Gasteiger charge is -2.31. The maximum absolute atomic E-state index is 13.4. The molecule has 4 rings (SSSR count). The van der Waals surface area contributed by atoms with Crippen LogP contribution in [-0.4, -0.2) is 14.2 Å². The number of hydrogen-bond donors (Lipinski definition) is 1. The molecule has 6 heteroatoms. The largest absolute Gasteiger partial charge is 0.360 e. The molecule has 0 spiro atoms. The molecule has 0 aromatic heterocycles. The lowest BCUT2D eigenvalue weighted by Crippen LogP contribution is -2.39. The molecule has 0 unspecified atom stereocenters. The standard InChI is InChI=1S/C24H22N2O3S/c1-2-18-12-14-20(15-13-18)25-16-23-24(27)21-10-6-7-11-22(21)26(30(23,28)29)17-19-8-4-3-5-9-19/h3-16,25H,2,17H2,1H3/b23-16+. The molecule has 0 bridgehead atoms. The summed E-state index contributed by atoms with van der Waals surface area (Å²) < 4.78 is 28.1. The van der Waals surface area contributed by atoms with Crippen LogP contribution in [0.2, 0.25) is 0 Å². The maximum Gasteiger partial charge on any atom is 0.270 e. The Hall–Kier alpha value is -3.38. The van der Waals surface area contributed by atoms with Crippen molar-refractivity contribution in [2.75, 3.05) is 9.62 Å². The zero-order chi connectivity index (χ0) is 21.1. The number of aryl methyl sites for hydroxylation is 1. The van der Waals surface area contributed by atoms with Gasteiger partial charge in [-0.05, 0) is 41.8 Å². The fraction of sp³-hybridized carbons (Fsp3) is 0.125. The number of hydrogen-bond acceptors (Lipinski definition) is 4. The van der Waals surface area contributed by atoms with Crippen LogP contribution in [0.1, 0.15) is 28.4 Å². The molecule has 0 saturated heterocycles. The zero-order valence-electron chi connectivity index (χ0n) is 16.6. The minimum atomic E-state index is -4.03. The fourth-order valence-corrected chi connectivity index (χ4v) is 4.95. The molecule has 3 aromatic carbocycles. The summed E-state index contributed by atoms with van der Waals surface area (Å²) in [4.78, 5) is 12.8. The van der Waals surface area contributed by atoms with Gasteiger partial charge in [0.15, 0.2) is 4.91 Å². The van der Waals surface area contributed by atoms with Gasteiger partial charge in [-0.15, -0.1) is 0 Å². The van der Waals surface area contributed by atoms with E-state index in [9.17, 15) is 13.2 Å². The van der Waals surface area contributed by atoms with Crippen molar-refractivity contribution in [1.82, 2.24) is 0 Å². The van der Waals surface area contributed by atoms with Crippen molar-refractivity contribution >= 4 is 27.2 Å². The molecule has 1 aliphatic rings. The van der Waals surface area contributed by atoms with Gasteiger partial charge in [-0.25, -0.2) is 8.42 Å². The molecule has 0 saturated carbocycles. The molecule has 0 fully saturated rings. The van der Waals surface area contributed by atoms with Gasteiger partial charge >= 0.3 is 0 Å². The number of para-hydroxylation sites is 1. The van der Waals surface area contributed by atoms with Crippen molar-refractivity contribution in [1.29, 1.82) is 0 Å². The summed E-state index contributed by atoms with van der Waals surface area (Å²) in [5.74, 6) is -0.507. The third-order valence-electron chi connectivity index (χ3n) is 5.11. The van der Waals surface area contributed by atoms with Gasteiger partial charge in [-0.2, -0.15) is 0 Å². The van der Waals surface area contributed by atoms with Gasteiger partial charge in [0.05, 0.1) is 12.2 Å². The Morgan fingerprint density at radius 2 is 1.53 bits per heavy atom. The number of fused-ring (bicyclic) bond motifs is 1. The predicted molar refractivity (Wildman–Crippen MR) is 120 cm³/mol. The number of benzene rings is 3. The maximum atomic E-state index is 13.4. The van der Waals surface area contributed by atoms with E-state index in [0.717, 1.165) is 17.7 Å². The Labute approximate surface area is 176 Å². The third kappa shape index (κ3) is 3.74. The van der Waals surface area contributed by atoms with E-state index in [-0.39, 0.29) is 11.4 Å². The minimum absolute atomic E-state index is 0.149. The van der Waals surface area contributed by atoms with E-state index in [1.807, 2.05) is 54.6 Å². The first-order valence-electron chi connectivity index (χ1n) is 9.76. The Morgan fingerprint density at radius 1 is 0.867 bits per heavy atom. The molecule has 3 aromatic rings. The van der Waals surface area contributed by atoms with Crippen LogP contribution in [-0.2, 0) is 23.0 Å². The topological polar surface area (TPSA) is 66.5 Å². The Balaban J connectivity index is 1.74. The molecule has 1 heterocycles. The first-order chi connectivity index (χ1) is 14.5. The summed E-state index contributed by atoms with van der Waals surface area (Å²) >= 11 is 0. The molecule has 1 aliphatic heterocycles. The summed E-state index contributed by atoms with van der Waals surface area (Å²) in [6, 6.07) is 23.8. The highest BCUT2D eigenvalue weighted by Gasteiger charge is 2.39. The lowest BCUT2D eigenvalue weighted by molar-refractivity contribution is 0.104. The molecular weight excluding hydrogens is 396 g/mol. The minimum Gasteiger partial charge on any atom is -0.360 e. The Bertz CT molecular complexity index is 1200. The quantitative estimate of drug-likeness (QED) is 0.608. The van der Waals surface area contributed by atoms with Crippen LogP contribution >= 0.6 is 0 Å². The molecule has 0 radical (unpaired) electrons. The van der Waals surface area contributed by atoms with Gasteiger partial charge in [-0.1, -0.05) is 61.5 Å². The first-order valence-corrected chi connectivity index (χ1v) is 11.2. The number of carbonyl (C=O) groups is 1. The zero-order valence-corrected chi connectivity index (χ0v) is 17.4. The number of Topliss-reactive ketones (excluding diaryl/α,β-unsaturated/α-hetero) is 1. The van der Waals surface area contributed by atoms with Gasteiger partial charge < -0.3 is 5.32 Å². The van der Waals surface area contributed by atoms with E-state index in [4.69, 9.17) is 0 Å². The lowest BCUT2D eigenvalue weighted by atomic mass is 10.1. The normalized spacial score (nSPS) is 16.4. The van der Waals surface area contributed by atoms with E-state index in [1.54, 1.807) is 24.3 Å². The summed E-state index contributed by atoms with van der Waals surface area (Å²) in [6.07, 6.45) is 2.21. The number of nitrogens with one attached hydrogen (secondary N) is 1. The number of nitrogens with zero attached hydrogens (tertiary/aromatic N) is 1. The Morgan fingerprint density at radius 3 is 2.23 bits per heavy atom. The molecule has 5 nitrogen and oxygen atoms in total. The van der Waals surface area contributed by atoms with Crippen molar-refractivity contribution in [3.63, 3.8) is 0 Å². The SMILES string of the molecule is CCc1ccc(N/C=C2\C(=O)c3ccccc3N(Cc3ccccc3)S2(=O)=O)cc1. The average molecular weight is 419 g/mol. The van der Waals surface area contributed by atoms with E-state index in [2.05, 4.69) is 12.2 Å². The summed E-state index contributed by atoms with van der Waals surface area (Å²) in [5.41, 5.74) is 3.51. The van der Waals surface area contributed by atoms with Crippen LogP contribution < -0.4 is 9.62 Å². The number of carbonyl (C=O) groups excluding carboxylic acids is 1. The third-order valence-corrected chi connectivity index (χ3v) is 6.88. The van der Waals surface area contributed by atoms with Gasteiger partial charge in [0.2, 0.25) is 5.78 Å². The number of rotatable bonds is 5. The highest BCUT2D eigenvalue weighted by molar-refractivity contribution is 7.97. The Kier molecular flexibility index (Phi) is 5.42. The van der Waals surface area contributed by atoms with Crippen LogP contribution in [0.4, 0.5) is 11.4 Å². The number of allylic oxidation sites excluding steroid dienone is 1. The van der Waals surface area contributed by atoms with Crippen LogP contribution in [0.25, 0.3) is 0 Å². The van der Waals surface area contributed by atoms with E-state index in [0.29, 0.717) is 11.3 Å². The van der Waals surface area contributed by atoms with Gasteiger partial charge in [0, 0.05) is 17.5 Å². The second-order valence-electron chi connectivity index (χ2n) is 7.05. The van der Waals surface area contributed by atoms with E-state index in [1.165, 1.54) is 16.1 Å². The average Bonchev–Trinajstić information content (AvgIpc) is 2.77. The fourth-order valence-electron chi connectivity index (χ4n) is 3.43. The highest BCUT2D eigenvalue weighted by Crippen LogP contribution is 2.36. The monoisotopic (exact) mass is 418 g/mol. The predicted octanol–water partition coefficient (Wildman–Crippen LogP) is 4.74. The summed E-state index contributed by atoms with van der Waals surface area (Å²) in [6.45, 7) is 2.21. The molecule has 1 N–H and O–H groups in total. The van der Waals surface area contributed by atoms with Gasteiger partial charge in [0.1, 0.15) is 0 Å². The number of ketones is 1. The second kappa shape index (κ2) is 8.16. The molecule has 0 aliphatic carbocycles.